The molecule has 0 aliphatic rings. The summed E-state index contributed by atoms with van der Waals surface area (Å²) in [5.74, 6) is 0. The first-order chi connectivity index (χ1) is 9.65. The van der Waals surface area contributed by atoms with Crippen molar-refractivity contribution in [3.05, 3.63) is 60.7 Å². The molecular formula is C18H27SbSi. The predicted octanol–water partition coefficient (Wildman–Crippen LogP) is 4.98. The van der Waals surface area contributed by atoms with Crippen LogP contribution in [-0.4, -0.2) is 27.7 Å². The molecule has 0 spiro atoms. The molecular weight excluding hydrogens is 366 g/mol. The van der Waals surface area contributed by atoms with Gasteiger partial charge in [-0.2, -0.15) is 0 Å². The fraction of sp³-hybridized carbons (Fsp3) is 0.333. The zero-order chi connectivity index (χ0) is 14.8. The van der Waals surface area contributed by atoms with E-state index in [0.717, 1.165) is 0 Å². The molecule has 2 aromatic carbocycles. The third kappa shape index (κ3) is 5.85. The first kappa shape index (κ1) is 17.5. The summed E-state index contributed by atoms with van der Waals surface area (Å²) in [5, 5.41) is 0. The van der Waals surface area contributed by atoms with Crippen LogP contribution in [0.5, 0.6) is 0 Å². The van der Waals surface area contributed by atoms with Gasteiger partial charge in [0.25, 0.3) is 0 Å². The molecule has 2 rings (SSSR count). The number of benzene rings is 2. The van der Waals surface area contributed by atoms with Gasteiger partial charge < -0.3 is 0 Å². The molecule has 108 valence electrons. The van der Waals surface area contributed by atoms with Crippen molar-refractivity contribution >= 4 is 27.7 Å². The van der Waals surface area contributed by atoms with Crippen LogP contribution >= 0.6 is 0 Å². The van der Waals surface area contributed by atoms with Crippen molar-refractivity contribution in [2.45, 2.75) is 38.9 Å². The van der Waals surface area contributed by atoms with Gasteiger partial charge in [0.15, 0.2) is 0 Å². The normalized spacial score (nSPS) is 10.6. The van der Waals surface area contributed by atoms with E-state index in [4.69, 9.17) is 0 Å². The zero-order valence-electron chi connectivity index (χ0n) is 13.0. The van der Waals surface area contributed by atoms with Gasteiger partial charge in [0.2, 0.25) is 0 Å². The largest absolute Gasteiger partial charge is 0.0622 e. The fourth-order valence-corrected chi connectivity index (χ4v) is 3.51. The fourth-order valence-electron chi connectivity index (χ4n) is 2.01. The third-order valence-electron chi connectivity index (χ3n) is 3.99. The van der Waals surface area contributed by atoms with Gasteiger partial charge in [-0.1, -0.05) is 60.7 Å². The van der Waals surface area contributed by atoms with Crippen molar-refractivity contribution in [3.8, 4) is 11.1 Å². The molecule has 0 amide bonds. The average Bonchev–Trinajstić information content (AvgIpc) is 2.56. The van der Waals surface area contributed by atoms with Gasteiger partial charge in [0, 0.05) is 0 Å². The van der Waals surface area contributed by atoms with Crippen molar-refractivity contribution < 1.29 is 0 Å². The second-order valence-electron chi connectivity index (χ2n) is 5.16. The van der Waals surface area contributed by atoms with Crippen molar-refractivity contribution in [1.29, 1.82) is 0 Å². The Morgan fingerprint density at radius 1 is 0.650 bits per heavy atom. The van der Waals surface area contributed by atoms with Crippen molar-refractivity contribution in [2.75, 3.05) is 0 Å². The minimum atomic E-state index is -0.541. The summed E-state index contributed by atoms with van der Waals surface area (Å²) in [6, 6.07) is 25.3. The molecule has 2 heteroatoms. The van der Waals surface area contributed by atoms with E-state index in [0.29, 0.717) is 0 Å². The average molecular weight is 393 g/mol. The quantitative estimate of drug-likeness (QED) is 0.643. The van der Waals surface area contributed by atoms with E-state index in [1.54, 1.807) is 22.2 Å². The summed E-state index contributed by atoms with van der Waals surface area (Å²) in [7, 11) is 0. The Morgan fingerprint density at radius 3 is 1.15 bits per heavy atom. The van der Waals surface area contributed by atoms with E-state index in [9.17, 15) is 0 Å². The summed E-state index contributed by atoms with van der Waals surface area (Å²) in [6.45, 7) is 7.10. The van der Waals surface area contributed by atoms with E-state index in [2.05, 4.69) is 69.3 Å². The van der Waals surface area contributed by atoms with E-state index in [1.807, 2.05) is 12.1 Å². The predicted molar refractivity (Wildman–Crippen MR) is 97.6 cm³/mol. The Balaban J connectivity index is 0.000000221. The molecule has 0 fully saturated rings. The Labute approximate surface area is 138 Å². The van der Waals surface area contributed by atoms with Gasteiger partial charge in [0.1, 0.15) is 0 Å². The van der Waals surface area contributed by atoms with Crippen LogP contribution in [-0.2, 0) is 0 Å². The van der Waals surface area contributed by atoms with Crippen LogP contribution in [0.3, 0.4) is 0 Å². The maximum atomic E-state index is 2.37. The van der Waals surface area contributed by atoms with Crippen molar-refractivity contribution in [1.82, 2.24) is 0 Å². The van der Waals surface area contributed by atoms with E-state index < -0.39 is 5.50 Å². The summed E-state index contributed by atoms with van der Waals surface area (Å²) >= 11 is 1.57. The van der Waals surface area contributed by atoms with Crippen LogP contribution < -0.4 is 0 Å². The van der Waals surface area contributed by atoms with Crippen LogP contribution in [0.25, 0.3) is 11.1 Å². The SMILES string of the molecule is CC[Si]([SbH2])(CC)CC.c1ccc(-c2ccccc2)cc1. The molecule has 0 bridgehead atoms. The van der Waals surface area contributed by atoms with Gasteiger partial charge in [0.05, 0.1) is 0 Å². The van der Waals surface area contributed by atoms with Crippen LogP contribution in [0.2, 0.25) is 18.1 Å². The van der Waals surface area contributed by atoms with Gasteiger partial charge >= 0.3 is 66.6 Å². The second kappa shape index (κ2) is 9.42. The molecule has 0 unspecified atom stereocenters. The van der Waals surface area contributed by atoms with Gasteiger partial charge in [-0.05, 0) is 11.1 Å². The summed E-state index contributed by atoms with van der Waals surface area (Å²) in [5.41, 5.74) is 2.01. The molecule has 2 aromatic rings. The summed E-state index contributed by atoms with van der Waals surface area (Å²) in [6.07, 6.45) is 0. The minimum absolute atomic E-state index is 0.541. The van der Waals surface area contributed by atoms with Crippen LogP contribution in [0.15, 0.2) is 60.7 Å². The van der Waals surface area contributed by atoms with Crippen LogP contribution in [0, 0.1) is 0 Å². The standard InChI is InChI=1S/C12H10.C6H15Si.Sb.2H/c1-3-7-11(8-4-1)12-9-5-2-6-10-12;1-4-7(5-2)6-3;;;/h1-10H;4-6H2,1-3H3;;;. The van der Waals surface area contributed by atoms with Crippen LogP contribution in [0.1, 0.15) is 20.8 Å². The second-order valence-corrected chi connectivity index (χ2v) is 20.5. The van der Waals surface area contributed by atoms with Crippen molar-refractivity contribution in [2.24, 2.45) is 0 Å². The first-order valence-corrected chi connectivity index (χ1v) is 15.2. The minimum Gasteiger partial charge on any atom is -0.0622 e. The molecule has 0 saturated heterocycles. The molecule has 0 atom stereocenters. The zero-order valence-corrected chi connectivity index (χ0v) is 17.3. The molecule has 0 nitrogen and oxygen atoms in total. The van der Waals surface area contributed by atoms with Gasteiger partial charge in [-0.25, -0.2) is 0 Å². The number of hydrogen-bond acceptors (Lipinski definition) is 0. The molecule has 0 aliphatic heterocycles. The Morgan fingerprint density at radius 2 is 0.950 bits per heavy atom. The molecule has 0 radical (unpaired) electrons. The Kier molecular flexibility index (Phi) is 8.25. The Bertz CT molecular complexity index is 418. The molecule has 0 aromatic heterocycles. The number of rotatable bonds is 4. The van der Waals surface area contributed by atoms with Gasteiger partial charge in [-0.15, -0.1) is 0 Å². The topological polar surface area (TPSA) is 0 Å². The first-order valence-electron chi connectivity index (χ1n) is 7.54. The third-order valence-corrected chi connectivity index (χ3v) is 18.7. The van der Waals surface area contributed by atoms with Crippen LogP contribution in [0.4, 0.5) is 0 Å². The van der Waals surface area contributed by atoms with Crippen molar-refractivity contribution in [3.63, 3.8) is 0 Å². The van der Waals surface area contributed by atoms with Gasteiger partial charge in [-0.3, -0.25) is 0 Å². The maximum Gasteiger partial charge on any atom is -0.0184 e. The monoisotopic (exact) mass is 392 g/mol. The van der Waals surface area contributed by atoms with E-state index >= 15 is 0 Å². The Hall–Kier alpha value is -0.525. The number of hydrogen-bond donors (Lipinski definition) is 0. The smallest absolute Gasteiger partial charge is 0.0184 e. The van der Waals surface area contributed by atoms with E-state index in [-0.39, 0.29) is 0 Å². The molecule has 0 saturated carbocycles. The molecule has 20 heavy (non-hydrogen) atoms. The molecule has 0 aliphatic carbocycles. The summed E-state index contributed by atoms with van der Waals surface area (Å²) in [4.78, 5) is 0. The molecule has 0 heterocycles. The molecule has 0 N–H and O–H groups in total. The summed E-state index contributed by atoms with van der Waals surface area (Å²) < 4.78 is 0. The maximum absolute atomic E-state index is 2.37. The van der Waals surface area contributed by atoms with E-state index in [1.165, 1.54) is 29.3 Å².